The number of nitrogens with zero attached hydrogens (tertiary/aromatic N) is 1. The Balaban J connectivity index is 2.78. The first-order valence-corrected chi connectivity index (χ1v) is 6.10. The van der Waals surface area contributed by atoms with E-state index >= 15 is 0 Å². The van der Waals surface area contributed by atoms with Gasteiger partial charge < -0.3 is 20.3 Å². The van der Waals surface area contributed by atoms with Crippen molar-refractivity contribution in [1.82, 2.24) is 10.3 Å². The lowest BCUT2D eigenvalue weighted by atomic mass is 9.99. The lowest BCUT2D eigenvalue weighted by Crippen LogP contribution is -2.28. The minimum atomic E-state index is -1.29. The Morgan fingerprint density at radius 2 is 2.15 bits per heavy atom. The molecule has 0 saturated heterocycles. The van der Waals surface area contributed by atoms with Crippen molar-refractivity contribution in [3.63, 3.8) is 0 Å². The van der Waals surface area contributed by atoms with Crippen LogP contribution in [-0.2, 0) is 9.53 Å². The summed E-state index contributed by atoms with van der Waals surface area (Å²) in [6.07, 6.45) is 0.432. The molecule has 0 aliphatic heterocycles. The molecule has 20 heavy (non-hydrogen) atoms. The van der Waals surface area contributed by atoms with E-state index in [1.807, 2.05) is 0 Å². The summed E-state index contributed by atoms with van der Waals surface area (Å²) >= 11 is 0. The van der Waals surface area contributed by atoms with Gasteiger partial charge in [0.05, 0.1) is 18.8 Å². The van der Waals surface area contributed by atoms with Crippen molar-refractivity contribution in [3.05, 3.63) is 29.6 Å². The zero-order chi connectivity index (χ0) is 15.1. The molecule has 2 atom stereocenters. The number of hydrogen-bond acceptors (Lipinski definition) is 6. The molecular formula is C13H18N2O5. The van der Waals surface area contributed by atoms with Crippen LogP contribution in [0.2, 0.25) is 0 Å². The summed E-state index contributed by atoms with van der Waals surface area (Å²) in [5.74, 6) is -0.834. The quantitative estimate of drug-likeness (QED) is 0.623. The second-order valence-corrected chi connectivity index (χ2v) is 4.24. The Hall–Kier alpha value is -1.99. The molecule has 7 heteroatoms. The molecule has 0 radical (unpaired) electrons. The van der Waals surface area contributed by atoms with Gasteiger partial charge in [-0.25, -0.2) is 4.79 Å². The largest absolute Gasteiger partial charge is 0.465 e. The third-order valence-corrected chi connectivity index (χ3v) is 2.75. The average Bonchev–Trinajstić information content (AvgIpc) is 2.45. The number of rotatable bonds is 6. The summed E-state index contributed by atoms with van der Waals surface area (Å²) in [6.45, 7) is 1.58. The third kappa shape index (κ3) is 4.29. The number of aliphatic hydroxyl groups excluding tert-OH is 2. The molecule has 0 bridgehead atoms. The molecule has 0 spiro atoms. The summed E-state index contributed by atoms with van der Waals surface area (Å²) < 4.78 is 4.60. The van der Waals surface area contributed by atoms with Crippen LogP contribution in [0.15, 0.2) is 18.5 Å². The standard InChI is InChI=1S/C13H18N2O5/c1-8(16)15-6-4-11(17)12(18)10-7-14-5-3-9(10)13(19)20-2/h3,5,7,11-12,17-18H,4,6H2,1-2H3,(H,15,16). The number of pyridine rings is 1. The van der Waals surface area contributed by atoms with Crippen LogP contribution >= 0.6 is 0 Å². The summed E-state index contributed by atoms with van der Waals surface area (Å²) in [5, 5.41) is 22.5. The second kappa shape index (κ2) is 7.56. The predicted molar refractivity (Wildman–Crippen MR) is 69.8 cm³/mol. The zero-order valence-corrected chi connectivity index (χ0v) is 11.4. The smallest absolute Gasteiger partial charge is 0.338 e. The van der Waals surface area contributed by atoms with Gasteiger partial charge in [-0.1, -0.05) is 0 Å². The number of esters is 1. The Kier molecular flexibility index (Phi) is 6.08. The molecule has 2 unspecified atom stereocenters. The summed E-state index contributed by atoms with van der Waals surface area (Å²) in [5.41, 5.74) is 0.336. The molecule has 0 fully saturated rings. The van der Waals surface area contributed by atoms with Crippen molar-refractivity contribution in [3.8, 4) is 0 Å². The third-order valence-electron chi connectivity index (χ3n) is 2.75. The van der Waals surface area contributed by atoms with Crippen molar-refractivity contribution < 1.29 is 24.5 Å². The summed E-state index contributed by atoms with van der Waals surface area (Å²) in [4.78, 5) is 26.1. The number of carbonyl (C=O) groups excluding carboxylic acids is 2. The fourth-order valence-corrected chi connectivity index (χ4v) is 1.70. The summed E-state index contributed by atoms with van der Waals surface area (Å²) in [7, 11) is 1.23. The van der Waals surface area contributed by atoms with E-state index in [1.165, 1.54) is 32.5 Å². The molecule has 1 amide bonds. The molecule has 0 saturated carbocycles. The maximum absolute atomic E-state index is 11.6. The van der Waals surface area contributed by atoms with E-state index in [1.54, 1.807) is 0 Å². The molecule has 0 aromatic carbocycles. The number of nitrogens with one attached hydrogen (secondary N) is 1. The van der Waals surface area contributed by atoms with Crippen LogP contribution < -0.4 is 5.32 Å². The Bertz CT molecular complexity index is 478. The van der Waals surface area contributed by atoms with Gasteiger partial charge in [0, 0.05) is 31.4 Å². The van der Waals surface area contributed by atoms with Crippen LogP contribution in [0.1, 0.15) is 35.4 Å². The minimum Gasteiger partial charge on any atom is -0.465 e. The van der Waals surface area contributed by atoms with Crippen molar-refractivity contribution in [2.75, 3.05) is 13.7 Å². The van der Waals surface area contributed by atoms with Crippen molar-refractivity contribution in [2.45, 2.75) is 25.6 Å². The van der Waals surface area contributed by atoms with Crippen LogP contribution in [0, 0.1) is 0 Å². The number of ether oxygens (including phenoxy) is 1. The van der Waals surface area contributed by atoms with Crippen LogP contribution in [0.3, 0.4) is 0 Å². The van der Waals surface area contributed by atoms with E-state index in [-0.39, 0.29) is 30.0 Å². The summed E-state index contributed by atoms with van der Waals surface area (Å²) in [6, 6.07) is 1.41. The van der Waals surface area contributed by atoms with Gasteiger partial charge in [0.1, 0.15) is 6.10 Å². The van der Waals surface area contributed by atoms with Gasteiger partial charge in [-0.2, -0.15) is 0 Å². The average molecular weight is 282 g/mol. The van der Waals surface area contributed by atoms with Crippen molar-refractivity contribution in [2.24, 2.45) is 0 Å². The van der Waals surface area contributed by atoms with Crippen LogP contribution in [-0.4, -0.2) is 46.8 Å². The first-order chi connectivity index (χ1) is 9.47. The monoisotopic (exact) mass is 282 g/mol. The number of aliphatic hydroxyl groups is 2. The molecule has 1 aromatic heterocycles. The Morgan fingerprint density at radius 1 is 1.45 bits per heavy atom. The van der Waals surface area contributed by atoms with Gasteiger partial charge in [0.25, 0.3) is 0 Å². The number of methoxy groups -OCH3 is 1. The topological polar surface area (TPSA) is 109 Å². The van der Waals surface area contributed by atoms with Crippen molar-refractivity contribution in [1.29, 1.82) is 0 Å². The molecule has 1 aromatic rings. The van der Waals surface area contributed by atoms with Crippen LogP contribution in [0.4, 0.5) is 0 Å². The lowest BCUT2D eigenvalue weighted by molar-refractivity contribution is -0.119. The van der Waals surface area contributed by atoms with E-state index in [9.17, 15) is 19.8 Å². The van der Waals surface area contributed by atoms with Gasteiger partial charge in [-0.15, -0.1) is 0 Å². The van der Waals surface area contributed by atoms with Crippen LogP contribution in [0.25, 0.3) is 0 Å². The minimum absolute atomic E-state index is 0.147. The van der Waals surface area contributed by atoms with Crippen molar-refractivity contribution >= 4 is 11.9 Å². The van der Waals surface area contributed by atoms with Gasteiger partial charge in [0.2, 0.25) is 5.91 Å². The maximum Gasteiger partial charge on any atom is 0.338 e. The van der Waals surface area contributed by atoms with Gasteiger partial charge in [0.15, 0.2) is 0 Å². The normalized spacial score (nSPS) is 13.4. The maximum atomic E-state index is 11.6. The number of amides is 1. The van der Waals surface area contributed by atoms with E-state index in [0.717, 1.165) is 0 Å². The molecule has 0 aliphatic rings. The van der Waals surface area contributed by atoms with Gasteiger partial charge >= 0.3 is 5.97 Å². The first kappa shape index (κ1) is 16.1. The Morgan fingerprint density at radius 3 is 2.75 bits per heavy atom. The van der Waals surface area contributed by atoms with E-state index in [4.69, 9.17) is 0 Å². The van der Waals surface area contributed by atoms with E-state index in [0.29, 0.717) is 0 Å². The van der Waals surface area contributed by atoms with Crippen LogP contribution in [0.5, 0.6) is 0 Å². The predicted octanol–water partition coefficient (Wildman–Crippen LogP) is -0.211. The SMILES string of the molecule is COC(=O)c1ccncc1C(O)C(O)CCNC(C)=O. The lowest BCUT2D eigenvalue weighted by Gasteiger charge is -2.19. The number of aromatic nitrogens is 1. The van der Waals surface area contributed by atoms with E-state index in [2.05, 4.69) is 15.0 Å². The van der Waals surface area contributed by atoms with E-state index < -0.39 is 18.2 Å². The molecule has 0 aliphatic carbocycles. The Labute approximate surface area is 116 Å². The first-order valence-electron chi connectivity index (χ1n) is 6.10. The highest BCUT2D eigenvalue weighted by Gasteiger charge is 2.24. The van der Waals surface area contributed by atoms with Gasteiger partial charge in [-0.3, -0.25) is 9.78 Å². The molecule has 110 valence electrons. The second-order valence-electron chi connectivity index (χ2n) is 4.24. The highest BCUT2D eigenvalue weighted by Crippen LogP contribution is 2.22. The highest BCUT2D eigenvalue weighted by atomic mass is 16.5. The number of hydrogen-bond donors (Lipinski definition) is 3. The molecule has 3 N–H and O–H groups in total. The number of carbonyl (C=O) groups is 2. The molecule has 1 heterocycles. The molecule has 1 rings (SSSR count). The fraction of sp³-hybridized carbons (Fsp3) is 0.462. The molecular weight excluding hydrogens is 264 g/mol. The zero-order valence-electron chi connectivity index (χ0n) is 11.4. The van der Waals surface area contributed by atoms with Gasteiger partial charge in [-0.05, 0) is 12.5 Å². The highest BCUT2D eigenvalue weighted by molar-refractivity contribution is 5.90. The fourth-order valence-electron chi connectivity index (χ4n) is 1.70. The molecule has 7 nitrogen and oxygen atoms in total.